The van der Waals surface area contributed by atoms with Crippen molar-refractivity contribution >= 4 is 11.8 Å². The van der Waals surface area contributed by atoms with Crippen molar-refractivity contribution in [1.29, 1.82) is 0 Å². The summed E-state index contributed by atoms with van der Waals surface area (Å²) >= 11 is 0. The number of alkyl halides is 2. The van der Waals surface area contributed by atoms with Crippen LogP contribution in [-0.4, -0.2) is 41.0 Å². The Hall–Kier alpha value is -2.68. The Labute approximate surface area is 180 Å². The summed E-state index contributed by atoms with van der Waals surface area (Å²) in [6, 6.07) is 13.6. The highest BCUT2D eigenvalue weighted by Crippen LogP contribution is 2.32. The lowest BCUT2D eigenvalue weighted by atomic mass is 9.83. The molecule has 0 saturated carbocycles. The average molecular weight is 434 g/mol. The average Bonchev–Trinajstić information content (AvgIpc) is 2.78. The first-order valence-electron chi connectivity index (χ1n) is 10.0. The highest BCUT2D eigenvalue weighted by atomic mass is 19.3. The van der Waals surface area contributed by atoms with Gasteiger partial charge in [-0.3, -0.25) is 9.59 Å². The van der Waals surface area contributed by atoms with Gasteiger partial charge in [0, 0.05) is 12.0 Å². The van der Waals surface area contributed by atoms with Gasteiger partial charge >= 0.3 is 5.97 Å². The first-order valence-corrected chi connectivity index (χ1v) is 10.0. The first kappa shape index (κ1) is 24.6. The third-order valence-corrected chi connectivity index (χ3v) is 5.21. The Balaban J connectivity index is 1.99. The van der Waals surface area contributed by atoms with Crippen LogP contribution in [0.15, 0.2) is 60.7 Å². The molecular formula is C23H28F2N2O4. The Morgan fingerprint density at radius 1 is 1.03 bits per heavy atom. The smallest absolute Gasteiger partial charge is 0.313 e. The third-order valence-electron chi connectivity index (χ3n) is 5.21. The number of ether oxygens (including phenoxy) is 1. The molecule has 0 bridgehead atoms. The minimum atomic E-state index is -4.03. The van der Waals surface area contributed by atoms with Crippen molar-refractivity contribution in [3.63, 3.8) is 0 Å². The van der Waals surface area contributed by atoms with Gasteiger partial charge in [-0.1, -0.05) is 67.6 Å². The zero-order chi connectivity index (χ0) is 23.0. The lowest BCUT2D eigenvalue weighted by molar-refractivity contribution is -0.158. The van der Waals surface area contributed by atoms with Crippen molar-refractivity contribution in [3.05, 3.63) is 71.8 Å². The van der Waals surface area contributed by atoms with Crippen molar-refractivity contribution < 1.29 is 28.2 Å². The van der Waals surface area contributed by atoms with E-state index in [1.807, 2.05) is 0 Å². The molecule has 8 heteroatoms. The Morgan fingerprint density at radius 3 is 2.13 bits per heavy atom. The zero-order valence-corrected chi connectivity index (χ0v) is 17.3. The molecule has 0 fully saturated rings. The van der Waals surface area contributed by atoms with Crippen LogP contribution >= 0.6 is 0 Å². The van der Waals surface area contributed by atoms with E-state index in [9.17, 15) is 23.5 Å². The predicted octanol–water partition coefficient (Wildman–Crippen LogP) is 2.53. The zero-order valence-electron chi connectivity index (χ0n) is 17.3. The molecule has 0 heterocycles. The van der Waals surface area contributed by atoms with Gasteiger partial charge in [-0.05, 0) is 17.5 Å². The molecule has 0 aliphatic rings. The lowest BCUT2D eigenvalue weighted by Gasteiger charge is -2.34. The number of Topliss-reactive ketones (excluding diaryl/α,β-unsaturated/α-hetero) is 1. The molecule has 0 aliphatic heterocycles. The highest BCUT2D eigenvalue weighted by Gasteiger charge is 2.51. The van der Waals surface area contributed by atoms with Crippen molar-refractivity contribution in [2.24, 2.45) is 11.5 Å². The quantitative estimate of drug-likeness (QED) is 0.370. The second kappa shape index (κ2) is 11.1. The van der Waals surface area contributed by atoms with Crippen molar-refractivity contribution in [1.82, 2.24) is 0 Å². The molecule has 4 atom stereocenters. The van der Waals surface area contributed by atoms with Crippen LogP contribution in [0.1, 0.15) is 36.8 Å². The largest absolute Gasteiger partial charge is 0.460 e. The maximum absolute atomic E-state index is 14.8. The topological polar surface area (TPSA) is 116 Å². The van der Waals surface area contributed by atoms with Crippen LogP contribution < -0.4 is 11.5 Å². The number of halogens is 2. The maximum atomic E-state index is 14.8. The summed E-state index contributed by atoms with van der Waals surface area (Å²) in [4.78, 5) is 24.1. The van der Waals surface area contributed by atoms with Crippen molar-refractivity contribution in [3.8, 4) is 0 Å². The van der Waals surface area contributed by atoms with Gasteiger partial charge in [-0.15, -0.1) is 0 Å². The summed E-state index contributed by atoms with van der Waals surface area (Å²) in [5, 5.41) is 10.3. The number of aliphatic hydroxyl groups excluding tert-OH is 1. The highest BCUT2D eigenvalue weighted by molar-refractivity contribution is 5.99. The molecule has 0 amide bonds. The van der Waals surface area contributed by atoms with Gasteiger partial charge in [0.1, 0.15) is 25.2 Å². The molecule has 5 N–H and O–H groups in total. The van der Waals surface area contributed by atoms with E-state index in [1.165, 1.54) is 0 Å². The monoisotopic (exact) mass is 434 g/mol. The molecule has 0 aliphatic carbocycles. The molecular weight excluding hydrogens is 406 g/mol. The van der Waals surface area contributed by atoms with Crippen molar-refractivity contribution in [2.75, 3.05) is 0 Å². The van der Waals surface area contributed by atoms with Gasteiger partial charge in [0.25, 0.3) is 5.92 Å². The fraction of sp³-hybridized carbons (Fsp3) is 0.391. The second-order valence-electron chi connectivity index (χ2n) is 7.39. The summed E-state index contributed by atoms with van der Waals surface area (Å²) in [6.45, 7) is 1.66. The molecule has 2 aromatic rings. The second-order valence-corrected chi connectivity index (χ2v) is 7.39. The summed E-state index contributed by atoms with van der Waals surface area (Å²) in [5.41, 5.74) is 12.8. The number of carbonyl (C=O) groups is 2. The van der Waals surface area contributed by atoms with E-state index in [-0.39, 0.29) is 6.61 Å². The van der Waals surface area contributed by atoms with Crippen LogP contribution in [0.2, 0.25) is 0 Å². The van der Waals surface area contributed by atoms with E-state index < -0.39 is 48.2 Å². The number of esters is 1. The van der Waals surface area contributed by atoms with Crippen molar-refractivity contribution in [2.45, 2.75) is 56.4 Å². The number of hydrogen-bond acceptors (Lipinski definition) is 6. The Bertz CT molecular complexity index is 849. The van der Waals surface area contributed by atoms with Crippen LogP contribution in [0.3, 0.4) is 0 Å². The lowest BCUT2D eigenvalue weighted by Crippen LogP contribution is -2.60. The molecule has 2 aromatic carbocycles. The molecule has 0 saturated heterocycles. The molecule has 6 nitrogen and oxygen atoms in total. The Kier molecular flexibility index (Phi) is 8.79. The number of nitrogens with two attached hydrogens (primary N) is 2. The van der Waals surface area contributed by atoms with E-state index >= 15 is 0 Å². The number of aliphatic hydroxyl groups is 1. The SMILES string of the molecule is CCC(c1ccccc1)C(N)C(O)C(F)(F)C(N)C(=O)CC(=O)OCc1ccccc1. The van der Waals surface area contributed by atoms with Gasteiger partial charge in [-0.25, -0.2) is 8.78 Å². The van der Waals surface area contributed by atoms with Crippen LogP contribution in [-0.2, 0) is 20.9 Å². The fourth-order valence-corrected chi connectivity index (χ4v) is 3.35. The van der Waals surface area contributed by atoms with Crippen LogP contribution in [0.25, 0.3) is 0 Å². The van der Waals surface area contributed by atoms with Gasteiger partial charge in [0.15, 0.2) is 5.78 Å². The molecule has 0 spiro atoms. The number of benzene rings is 2. The van der Waals surface area contributed by atoms with E-state index in [2.05, 4.69) is 0 Å². The van der Waals surface area contributed by atoms with Gasteiger partial charge < -0.3 is 21.3 Å². The molecule has 2 rings (SSSR count). The molecule has 31 heavy (non-hydrogen) atoms. The number of carbonyl (C=O) groups excluding carboxylic acids is 2. The molecule has 0 radical (unpaired) electrons. The first-order chi connectivity index (χ1) is 14.7. The number of hydrogen-bond donors (Lipinski definition) is 3. The summed E-state index contributed by atoms with van der Waals surface area (Å²) in [6.07, 6.45) is -2.91. The maximum Gasteiger partial charge on any atom is 0.313 e. The van der Waals surface area contributed by atoms with E-state index in [0.717, 1.165) is 0 Å². The third kappa shape index (κ3) is 6.40. The normalized spacial score (nSPS) is 15.5. The Morgan fingerprint density at radius 2 is 1.58 bits per heavy atom. The van der Waals surface area contributed by atoms with Crippen LogP contribution in [0.4, 0.5) is 8.78 Å². The summed E-state index contributed by atoms with van der Waals surface area (Å²) in [5.74, 6) is -6.81. The molecule has 0 aromatic heterocycles. The van der Waals surface area contributed by atoms with Gasteiger partial charge in [-0.2, -0.15) is 0 Å². The fourth-order valence-electron chi connectivity index (χ4n) is 3.35. The molecule has 4 unspecified atom stereocenters. The standard InChI is InChI=1S/C23H28F2N2O4/c1-2-17(16-11-7-4-8-12-16)20(26)22(30)23(24,25)21(27)18(28)13-19(29)31-14-15-9-5-3-6-10-15/h3-12,17,20-22,30H,2,13-14,26-27H2,1H3. The minimum Gasteiger partial charge on any atom is -0.460 e. The van der Waals surface area contributed by atoms with Gasteiger partial charge in [0.2, 0.25) is 0 Å². The van der Waals surface area contributed by atoms with Gasteiger partial charge in [0.05, 0.1) is 0 Å². The number of ketones is 1. The van der Waals surface area contributed by atoms with E-state index in [4.69, 9.17) is 16.2 Å². The molecule has 168 valence electrons. The van der Waals surface area contributed by atoms with E-state index in [0.29, 0.717) is 17.5 Å². The predicted molar refractivity (Wildman–Crippen MR) is 112 cm³/mol. The summed E-state index contributed by atoms with van der Waals surface area (Å²) in [7, 11) is 0. The van der Waals surface area contributed by atoms with Crippen LogP contribution in [0, 0.1) is 0 Å². The number of rotatable bonds is 11. The van der Waals surface area contributed by atoms with Crippen LogP contribution in [0.5, 0.6) is 0 Å². The minimum absolute atomic E-state index is 0.0959. The summed E-state index contributed by atoms with van der Waals surface area (Å²) < 4.78 is 34.5. The van der Waals surface area contributed by atoms with E-state index in [1.54, 1.807) is 67.6 Å².